The average Bonchev–Trinajstić information content (AvgIpc) is 2.31. The third-order valence-corrected chi connectivity index (χ3v) is 2.55. The van der Waals surface area contributed by atoms with Gasteiger partial charge in [0.15, 0.2) is 0 Å². The van der Waals surface area contributed by atoms with Crippen LogP contribution in [0.5, 0.6) is 5.75 Å². The number of aliphatic hydroxyl groups is 1. The quantitative estimate of drug-likeness (QED) is 0.665. The molecule has 1 aromatic rings. The van der Waals surface area contributed by atoms with E-state index < -0.39 is 0 Å². The van der Waals surface area contributed by atoms with Crippen molar-refractivity contribution < 1.29 is 9.84 Å². The van der Waals surface area contributed by atoms with Gasteiger partial charge in [0.2, 0.25) is 0 Å². The summed E-state index contributed by atoms with van der Waals surface area (Å²) >= 11 is 6.06. The van der Waals surface area contributed by atoms with Gasteiger partial charge in [0, 0.05) is 18.2 Å². The molecule has 5 heteroatoms. The molecular weight excluding hydrogens is 228 g/mol. The topological polar surface area (TPSA) is 67.5 Å². The largest absolute Gasteiger partial charge is 0.496 e. The van der Waals surface area contributed by atoms with Crippen LogP contribution in [0.15, 0.2) is 12.1 Å². The van der Waals surface area contributed by atoms with Crippen LogP contribution in [0.4, 0.5) is 5.69 Å². The molecule has 0 heterocycles. The fourth-order valence-corrected chi connectivity index (χ4v) is 1.62. The molecule has 1 rings (SSSR count). The SMILES string of the molecule is COc1cc(NCCCN)c(Cl)cc1CO. The van der Waals surface area contributed by atoms with Crippen molar-refractivity contribution in [3.63, 3.8) is 0 Å². The summed E-state index contributed by atoms with van der Waals surface area (Å²) in [6.45, 7) is 1.31. The zero-order chi connectivity index (χ0) is 12.0. The lowest BCUT2D eigenvalue weighted by atomic mass is 10.2. The molecule has 1 aromatic carbocycles. The summed E-state index contributed by atoms with van der Waals surface area (Å²) in [6, 6.07) is 3.48. The lowest BCUT2D eigenvalue weighted by Crippen LogP contribution is -2.09. The molecule has 4 nitrogen and oxygen atoms in total. The Morgan fingerprint density at radius 1 is 1.50 bits per heavy atom. The monoisotopic (exact) mass is 244 g/mol. The molecule has 0 saturated heterocycles. The first kappa shape index (κ1) is 13.1. The zero-order valence-electron chi connectivity index (χ0n) is 9.29. The highest BCUT2D eigenvalue weighted by molar-refractivity contribution is 6.33. The van der Waals surface area contributed by atoms with Crippen molar-refractivity contribution in [3.05, 3.63) is 22.7 Å². The minimum absolute atomic E-state index is 0.0913. The molecular formula is C11H17ClN2O2. The molecule has 0 saturated carbocycles. The van der Waals surface area contributed by atoms with Gasteiger partial charge in [-0.25, -0.2) is 0 Å². The van der Waals surface area contributed by atoms with Crippen molar-refractivity contribution in [1.29, 1.82) is 0 Å². The lowest BCUT2D eigenvalue weighted by molar-refractivity contribution is 0.274. The first-order valence-corrected chi connectivity index (χ1v) is 5.52. The smallest absolute Gasteiger partial charge is 0.126 e. The fraction of sp³-hybridized carbons (Fsp3) is 0.455. The molecule has 0 aliphatic rings. The van der Waals surface area contributed by atoms with Crippen LogP contribution < -0.4 is 15.8 Å². The standard InChI is InChI=1S/C11H17ClN2O2/c1-16-11-6-10(14-4-2-3-13)9(12)5-8(11)7-15/h5-6,14-15H,2-4,7,13H2,1H3. The maximum Gasteiger partial charge on any atom is 0.126 e. The van der Waals surface area contributed by atoms with E-state index in [9.17, 15) is 0 Å². The van der Waals surface area contributed by atoms with Crippen LogP contribution in [-0.2, 0) is 6.61 Å². The summed E-state index contributed by atoms with van der Waals surface area (Å²) in [5.41, 5.74) is 6.87. The Bertz CT molecular complexity index is 345. The van der Waals surface area contributed by atoms with Crippen molar-refractivity contribution in [2.24, 2.45) is 5.73 Å². The molecule has 0 fully saturated rings. The van der Waals surface area contributed by atoms with Crippen LogP contribution in [0.25, 0.3) is 0 Å². The van der Waals surface area contributed by atoms with E-state index in [1.165, 1.54) is 0 Å². The third-order valence-electron chi connectivity index (χ3n) is 2.24. The number of hydrogen-bond acceptors (Lipinski definition) is 4. The van der Waals surface area contributed by atoms with Crippen LogP contribution >= 0.6 is 11.6 Å². The second-order valence-electron chi connectivity index (χ2n) is 3.37. The Balaban J connectivity index is 2.84. The number of anilines is 1. The van der Waals surface area contributed by atoms with Crippen molar-refractivity contribution >= 4 is 17.3 Å². The fourth-order valence-electron chi connectivity index (χ4n) is 1.37. The summed E-state index contributed by atoms with van der Waals surface area (Å²) in [4.78, 5) is 0. The van der Waals surface area contributed by atoms with Crippen molar-refractivity contribution in [2.45, 2.75) is 13.0 Å². The lowest BCUT2D eigenvalue weighted by Gasteiger charge is -2.12. The maximum absolute atomic E-state index is 9.10. The number of hydrogen-bond donors (Lipinski definition) is 3. The predicted molar refractivity (Wildman–Crippen MR) is 66.1 cm³/mol. The van der Waals surface area contributed by atoms with Gasteiger partial charge in [-0.3, -0.25) is 0 Å². The van der Waals surface area contributed by atoms with Gasteiger partial charge in [-0.15, -0.1) is 0 Å². The summed E-state index contributed by atoms with van der Waals surface area (Å²) in [7, 11) is 1.56. The molecule has 0 aliphatic heterocycles. The number of rotatable bonds is 6. The van der Waals surface area contributed by atoms with Gasteiger partial charge >= 0.3 is 0 Å². The minimum atomic E-state index is -0.0913. The van der Waals surface area contributed by atoms with E-state index in [0.29, 0.717) is 22.9 Å². The first-order chi connectivity index (χ1) is 7.72. The number of aliphatic hydroxyl groups excluding tert-OH is 1. The molecule has 0 bridgehead atoms. The summed E-state index contributed by atoms with van der Waals surface area (Å²) in [5.74, 6) is 0.627. The number of methoxy groups -OCH3 is 1. The van der Waals surface area contributed by atoms with Crippen LogP contribution in [0.2, 0.25) is 5.02 Å². The van der Waals surface area contributed by atoms with Crippen LogP contribution in [-0.4, -0.2) is 25.3 Å². The normalized spacial score (nSPS) is 10.2. The molecule has 0 unspecified atom stereocenters. The molecule has 0 aliphatic carbocycles. The van der Waals surface area contributed by atoms with Crippen LogP contribution in [0, 0.1) is 0 Å². The summed E-state index contributed by atoms with van der Waals surface area (Å²) < 4.78 is 5.15. The predicted octanol–water partition coefficient (Wildman–Crippen LogP) is 1.60. The highest BCUT2D eigenvalue weighted by Crippen LogP contribution is 2.30. The highest BCUT2D eigenvalue weighted by atomic mass is 35.5. The first-order valence-electron chi connectivity index (χ1n) is 5.14. The van der Waals surface area contributed by atoms with Gasteiger partial charge in [-0.05, 0) is 19.0 Å². The van der Waals surface area contributed by atoms with Gasteiger partial charge in [0.1, 0.15) is 5.75 Å². The minimum Gasteiger partial charge on any atom is -0.496 e. The highest BCUT2D eigenvalue weighted by Gasteiger charge is 2.08. The van der Waals surface area contributed by atoms with Crippen molar-refractivity contribution in [3.8, 4) is 5.75 Å². The maximum atomic E-state index is 9.10. The summed E-state index contributed by atoms with van der Waals surface area (Å²) in [5, 5.41) is 12.8. The molecule has 4 N–H and O–H groups in total. The Kier molecular flexibility index (Phi) is 5.38. The number of nitrogens with one attached hydrogen (secondary N) is 1. The molecule has 0 spiro atoms. The summed E-state index contributed by atoms with van der Waals surface area (Å²) in [6.07, 6.45) is 0.875. The second kappa shape index (κ2) is 6.58. The van der Waals surface area contributed by atoms with E-state index in [-0.39, 0.29) is 6.61 Å². The third kappa shape index (κ3) is 3.27. The average molecular weight is 245 g/mol. The van der Waals surface area contributed by atoms with Gasteiger partial charge in [-0.1, -0.05) is 11.6 Å². The van der Waals surface area contributed by atoms with E-state index in [1.807, 2.05) is 0 Å². The van der Waals surface area contributed by atoms with Crippen LogP contribution in [0.3, 0.4) is 0 Å². The Labute approximate surface area is 100 Å². The molecule has 0 aromatic heterocycles. The molecule has 0 amide bonds. The van der Waals surface area contributed by atoms with Crippen molar-refractivity contribution in [1.82, 2.24) is 0 Å². The Hall–Kier alpha value is -0.970. The van der Waals surface area contributed by atoms with Gasteiger partial charge in [-0.2, -0.15) is 0 Å². The van der Waals surface area contributed by atoms with E-state index in [0.717, 1.165) is 18.7 Å². The molecule has 16 heavy (non-hydrogen) atoms. The van der Waals surface area contributed by atoms with Crippen LogP contribution in [0.1, 0.15) is 12.0 Å². The van der Waals surface area contributed by atoms with Gasteiger partial charge in [0.25, 0.3) is 0 Å². The van der Waals surface area contributed by atoms with Gasteiger partial charge < -0.3 is 20.9 Å². The Morgan fingerprint density at radius 2 is 2.25 bits per heavy atom. The molecule has 0 atom stereocenters. The number of ether oxygens (including phenoxy) is 1. The molecule has 90 valence electrons. The van der Waals surface area contributed by atoms with Crippen molar-refractivity contribution in [2.75, 3.05) is 25.5 Å². The number of halogens is 1. The second-order valence-corrected chi connectivity index (χ2v) is 3.78. The van der Waals surface area contributed by atoms with E-state index in [2.05, 4.69) is 5.32 Å². The molecule has 0 radical (unpaired) electrons. The van der Waals surface area contributed by atoms with E-state index in [4.69, 9.17) is 27.2 Å². The number of nitrogens with two attached hydrogens (primary N) is 1. The zero-order valence-corrected chi connectivity index (χ0v) is 10.0. The number of benzene rings is 1. The Morgan fingerprint density at radius 3 is 2.81 bits per heavy atom. The van der Waals surface area contributed by atoms with E-state index in [1.54, 1.807) is 19.2 Å². The van der Waals surface area contributed by atoms with E-state index >= 15 is 0 Å². The van der Waals surface area contributed by atoms with Gasteiger partial charge in [0.05, 0.1) is 24.4 Å².